The Hall–Kier alpha value is -0.120. The molecule has 1 aliphatic heterocycles. The fraction of sp³-hybridized carbons (Fsp3) is 1.00. The van der Waals surface area contributed by atoms with Crippen molar-refractivity contribution in [2.45, 2.75) is 44.4 Å². The third kappa shape index (κ3) is 2.42. The average molecular weight is 184 g/mol. The van der Waals surface area contributed by atoms with Crippen LogP contribution >= 0.6 is 0 Å². The molecule has 2 unspecified atom stereocenters. The van der Waals surface area contributed by atoms with Gasteiger partial charge in [-0.3, -0.25) is 0 Å². The maximum atomic E-state index is 5.57. The summed E-state index contributed by atoms with van der Waals surface area (Å²) >= 11 is 0. The van der Waals surface area contributed by atoms with Gasteiger partial charge in [-0.15, -0.1) is 0 Å². The predicted octanol–water partition coefficient (Wildman–Crippen LogP) is 0.505. The first-order chi connectivity index (χ1) is 6.20. The second-order valence-corrected chi connectivity index (χ2v) is 4.58. The number of ether oxygens (including phenoxy) is 1. The van der Waals surface area contributed by atoms with Gasteiger partial charge in [0.1, 0.15) is 0 Å². The minimum Gasteiger partial charge on any atom is -0.376 e. The van der Waals surface area contributed by atoms with Crippen LogP contribution in [0.1, 0.15) is 26.7 Å². The molecule has 1 saturated heterocycles. The zero-order valence-electron chi connectivity index (χ0n) is 8.60. The summed E-state index contributed by atoms with van der Waals surface area (Å²) in [6.07, 6.45) is 3.01. The average Bonchev–Trinajstić information content (AvgIpc) is 2.83. The number of nitrogens with one attached hydrogen (secondary N) is 2. The molecule has 76 valence electrons. The molecule has 2 atom stereocenters. The topological polar surface area (TPSA) is 33.3 Å². The molecule has 0 spiro atoms. The van der Waals surface area contributed by atoms with Crippen LogP contribution in [0.25, 0.3) is 0 Å². The van der Waals surface area contributed by atoms with Gasteiger partial charge in [0.05, 0.1) is 12.7 Å². The summed E-state index contributed by atoms with van der Waals surface area (Å²) in [7, 11) is 0. The molecule has 1 heterocycles. The fourth-order valence-corrected chi connectivity index (χ4v) is 1.73. The van der Waals surface area contributed by atoms with Gasteiger partial charge in [-0.05, 0) is 26.7 Å². The van der Waals surface area contributed by atoms with Gasteiger partial charge >= 0.3 is 0 Å². The fourth-order valence-electron chi connectivity index (χ4n) is 1.73. The normalized spacial score (nSPS) is 37.4. The summed E-state index contributed by atoms with van der Waals surface area (Å²) in [5.74, 6) is 0. The molecule has 2 N–H and O–H groups in total. The standard InChI is InChI=1S/C10H20N2O/c1-8-9(11-5-6-13-8)7-12-10(2)3-4-10/h8-9,11-12H,3-7H2,1-2H3. The summed E-state index contributed by atoms with van der Waals surface area (Å²) in [4.78, 5) is 0. The largest absolute Gasteiger partial charge is 0.376 e. The van der Waals surface area contributed by atoms with Crippen molar-refractivity contribution in [2.24, 2.45) is 0 Å². The quantitative estimate of drug-likeness (QED) is 0.670. The Morgan fingerprint density at radius 1 is 1.54 bits per heavy atom. The van der Waals surface area contributed by atoms with Crippen molar-refractivity contribution in [2.75, 3.05) is 19.7 Å². The third-order valence-electron chi connectivity index (χ3n) is 3.20. The molecule has 3 heteroatoms. The van der Waals surface area contributed by atoms with E-state index in [4.69, 9.17) is 4.74 Å². The van der Waals surface area contributed by atoms with Crippen LogP contribution in [0.2, 0.25) is 0 Å². The Kier molecular flexibility index (Phi) is 2.58. The summed E-state index contributed by atoms with van der Waals surface area (Å²) in [5, 5.41) is 7.07. The maximum absolute atomic E-state index is 5.57. The van der Waals surface area contributed by atoms with Crippen molar-refractivity contribution in [1.29, 1.82) is 0 Å². The van der Waals surface area contributed by atoms with Crippen molar-refractivity contribution in [3.05, 3.63) is 0 Å². The highest BCUT2D eigenvalue weighted by Crippen LogP contribution is 2.34. The molecule has 0 aromatic heterocycles. The monoisotopic (exact) mass is 184 g/mol. The van der Waals surface area contributed by atoms with E-state index in [0.717, 1.165) is 19.7 Å². The van der Waals surface area contributed by atoms with E-state index < -0.39 is 0 Å². The second kappa shape index (κ2) is 3.56. The molecule has 0 aromatic carbocycles. The van der Waals surface area contributed by atoms with Crippen LogP contribution in [0.3, 0.4) is 0 Å². The van der Waals surface area contributed by atoms with E-state index in [1.165, 1.54) is 12.8 Å². The van der Waals surface area contributed by atoms with Gasteiger partial charge in [-0.25, -0.2) is 0 Å². The SMILES string of the molecule is CC1OCCNC1CNC1(C)CC1. The van der Waals surface area contributed by atoms with Crippen LogP contribution in [0.15, 0.2) is 0 Å². The molecular formula is C10H20N2O. The Morgan fingerprint density at radius 3 is 2.92 bits per heavy atom. The van der Waals surface area contributed by atoms with Crippen molar-refractivity contribution < 1.29 is 4.74 Å². The maximum Gasteiger partial charge on any atom is 0.0713 e. The highest BCUT2D eigenvalue weighted by molar-refractivity contribution is 4.98. The Balaban J connectivity index is 1.73. The van der Waals surface area contributed by atoms with E-state index in [2.05, 4.69) is 24.5 Å². The van der Waals surface area contributed by atoms with E-state index in [0.29, 0.717) is 17.7 Å². The molecule has 2 rings (SSSR count). The molecule has 0 radical (unpaired) electrons. The first kappa shape index (κ1) is 9.44. The van der Waals surface area contributed by atoms with Crippen LogP contribution < -0.4 is 10.6 Å². The number of rotatable bonds is 3. The Bertz CT molecular complexity index is 180. The van der Waals surface area contributed by atoms with Crippen LogP contribution in [0, 0.1) is 0 Å². The zero-order chi connectivity index (χ0) is 9.31. The van der Waals surface area contributed by atoms with Crippen LogP contribution in [-0.2, 0) is 4.74 Å². The molecule has 2 fully saturated rings. The lowest BCUT2D eigenvalue weighted by molar-refractivity contribution is 0.00778. The van der Waals surface area contributed by atoms with E-state index >= 15 is 0 Å². The van der Waals surface area contributed by atoms with Gasteiger partial charge in [-0.1, -0.05) is 0 Å². The van der Waals surface area contributed by atoms with Gasteiger partial charge in [0.15, 0.2) is 0 Å². The number of hydrogen-bond acceptors (Lipinski definition) is 3. The van der Waals surface area contributed by atoms with Crippen LogP contribution in [0.5, 0.6) is 0 Å². The van der Waals surface area contributed by atoms with Gasteiger partial charge in [0.2, 0.25) is 0 Å². The van der Waals surface area contributed by atoms with Crippen LogP contribution in [0.4, 0.5) is 0 Å². The lowest BCUT2D eigenvalue weighted by atomic mass is 10.1. The molecule has 0 aromatic rings. The van der Waals surface area contributed by atoms with Crippen LogP contribution in [-0.4, -0.2) is 37.4 Å². The van der Waals surface area contributed by atoms with Gasteiger partial charge in [0, 0.05) is 24.7 Å². The minimum absolute atomic E-state index is 0.351. The molecule has 3 nitrogen and oxygen atoms in total. The number of hydrogen-bond donors (Lipinski definition) is 2. The third-order valence-corrected chi connectivity index (χ3v) is 3.20. The highest BCUT2D eigenvalue weighted by Gasteiger charge is 2.37. The molecular weight excluding hydrogens is 164 g/mol. The van der Waals surface area contributed by atoms with Crippen molar-refractivity contribution in [3.63, 3.8) is 0 Å². The highest BCUT2D eigenvalue weighted by atomic mass is 16.5. The second-order valence-electron chi connectivity index (χ2n) is 4.58. The molecule has 0 bridgehead atoms. The van der Waals surface area contributed by atoms with Gasteiger partial charge in [-0.2, -0.15) is 0 Å². The molecule has 2 aliphatic rings. The molecule has 13 heavy (non-hydrogen) atoms. The first-order valence-corrected chi connectivity index (χ1v) is 5.30. The predicted molar refractivity (Wildman–Crippen MR) is 52.8 cm³/mol. The number of morpholine rings is 1. The minimum atomic E-state index is 0.351. The smallest absolute Gasteiger partial charge is 0.0713 e. The van der Waals surface area contributed by atoms with E-state index in [-0.39, 0.29) is 0 Å². The van der Waals surface area contributed by atoms with Gasteiger partial charge < -0.3 is 15.4 Å². The summed E-state index contributed by atoms with van der Waals surface area (Å²) in [6, 6.07) is 0.492. The summed E-state index contributed by atoms with van der Waals surface area (Å²) in [5.41, 5.74) is 0.443. The summed E-state index contributed by atoms with van der Waals surface area (Å²) in [6.45, 7) is 7.33. The first-order valence-electron chi connectivity index (χ1n) is 5.30. The van der Waals surface area contributed by atoms with Crippen molar-refractivity contribution >= 4 is 0 Å². The van der Waals surface area contributed by atoms with Gasteiger partial charge in [0.25, 0.3) is 0 Å². The van der Waals surface area contributed by atoms with E-state index in [1.54, 1.807) is 0 Å². The molecule has 1 saturated carbocycles. The molecule has 1 aliphatic carbocycles. The van der Waals surface area contributed by atoms with E-state index in [1.807, 2.05) is 0 Å². The van der Waals surface area contributed by atoms with Crippen molar-refractivity contribution in [3.8, 4) is 0 Å². The lowest BCUT2D eigenvalue weighted by Crippen LogP contribution is -2.53. The van der Waals surface area contributed by atoms with E-state index in [9.17, 15) is 0 Å². The Morgan fingerprint density at radius 2 is 2.31 bits per heavy atom. The molecule has 0 amide bonds. The van der Waals surface area contributed by atoms with Crippen molar-refractivity contribution in [1.82, 2.24) is 10.6 Å². The lowest BCUT2D eigenvalue weighted by Gasteiger charge is -2.31. The summed E-state index contributed by atoms with van der Waals surface area (Å²) < 4.78 is 5.57. The Labute approximate surface area is 80.2 Å². The zero-order valence-corrected chi connectivity index (χ0v) is 8.60.